The Hall–Kier alpha value is -0.120. The molecule has 0 aliphatic carbocycles. The number of ether oxygens (including phenoxy) is 2. The Morgan fingerprint density at radius 2 is 2.18 bits per heavy atom. The van der Waals surface area contributed by atoms with Crippen LogP contribution in [0.4, 0.5) is 0 Å². The van der Waals surface area contributed by atoms with Crippen molar-refractivity contribution in [3.8, 4) is 0 Å². The van der Waals surface area contributed by atoms with Crippen LogP contribution in [0.5, 0.6) is 0 Å². The topological polar surface area (TPSA) is 38.7 Å². The molecule has 2 aliphatic heterocycles. The fourth-order valence-corrected chi connectivity index (χ4v) is 2.93. The zero-order chi connectivity index (χ0) is 12.1. The molecule has 2 aliphatic rings. The van der Waals surface area contributed by atoms with Gasteiger partial charge in [0.1, 0.15) is 0 Å². The fourth-order valence-electron chi connectivity index (χ4n) is 2.93. The molecule has 0 bridgehead atoms. The largest absolute Gasteiger partial charge is 0.390 e. The highest BCUT2D eigenvalue weighted by atomic mass is 16.5. The lowest BCUT2D eigenvalue weighted by molar-refractivity contribution is -0.138. The molecule has 0 aromatic rings. The minimum Gasteiger partial charge on any atom is -0.390 e. The van der Waals surface area contributed by atoms with Gasteiger partial charge in [0.05, 0.1) is 17.8 Å². The van der Waals surface area contributed by atoms with E-state index in [4.69, 9.17) is 9.47 Å². The van der Waals surface area contributed by atoms with E-state index in [0.717, 1.165) is 45.3 Å². The molecular formula is C14H26O3. The summed E-state index contributed by atoms with van der Waals surface area (Å²) in [5.74, 6) is 0. The lowest BCUT2D eigenvalue weighted by Crippen LogP contribution is -2.44. The second-order valence-electron chi connectivity index (χ2n) is 5.70. The van der Waals surface area contributed by atoms with E-state index in [1.165, 1.54) is 19.3 Å². The van der Waals surface area contributed by atoms with Crippen LogP contribution in [0, 0.1) is 0 Å². The summed E-state index contributed by atoms with van der Waals surface area (Å²) in [6.07, 6.45) is 8.82. The first-order chi connectivity index (χ1) is 8.21. The molecule has 3 nitrogen and oxygen atoms in total. The Morgan fingerprint density at radius 1 is 1.29 bits per heavy atom. The van der Waals surface area contributed by atoms with E-state index in [1.54, 1.807) is 0 Å². The van der Waals surface area contributed by atoms with E-state index in [1.807, 2.05) is 0 Å². The predicted octanol–water partition coefficient (Wildman–Crippen LogP) is 2.66. The summed E-state index contributed by atoms with van der Waals surface area (Å²) in [6, 6.07) is 0. The van der Waals surface area contributed by atoms with Gasteiger partial charge in [-0.25, -0.2) is 0 Å². The third kappa shape index (κ3) is 3.67. The SMILES string of the molecule is CC1(C(O)CCCC2CCCO2)CCCCO1. The van der Waals surface area contributed by atoms with Crippen molar-refractivity contribution < 1.29 is 14.6 Å². The van der Waals surface area contributed by atoms with Crippen LogP contribution < -0.4 is 0 Å². The van der Waals surface area contributed by atoms with Crippen LogP contribution in [-0.4, -0.2) is 36.1 Å². The Bertz CT molecular complexity index is 218. The molecule has 2 saturated heterocycles. The van der Waals surface area contributed by atoms with Gasteiger partial charge in [0.25, 0.3) is 0 Å². The lowest BCUT2D eigenvalue weighted by atomic mass is 9.87. The number of aliphatic hydroxyl groups is 1. The molecule has 100 valence electrons. The third-order valence-electron chi connectivity index (χ3n) is 4.23. The Morgan fingerprint density at radius 3 is 2.82 bits per heavy atom. The van der Waals surface area contributed by atoms with Gasteiger partial charge in [-0.2, -0.15) is 0 Å². The molecule has 0 spiro atoms. The molecule has 0 aromatic carbocycles. The minimum atomic E-state index is -0.316. The smallest absolute Gasteiger partial charge is 0.0912 e. The van der Waals surface area contributed by atoms with Crippen molar-refractivity contribution in [3.63, 3.8) is 0 Å². The maximum Gasteiger partial charge on any atom is 0.0912 e. The van der Waals surface area contributed by atoms with Crippen LogP contribution in [0.2, 0.25) is 0 Å². The number of rotatable bonds is 5. The van der Waals surface area contributed by atoms with Crippen LogP contribution in [-0.2, 0) is 9.47 Å². The quantitative estimate of drug-likeness (QED) is 0.805. The number of hydrogen-bond acceptors (Lipinski definition) is 3. The van der Waals surface area contributed by atoms with Gasteiger partial charge in [-0.05, 0) is 58.3 Å². The van der Waals surface area contributed by atoms with E-state index in [2.05, 4.69) is 6.92 Å². The molecule has 2 heterocycles. The van der Waals surface area contributed by atoms with Crippen molar-refractivity contribution in [2.75, 3.05) is 13.2 Å². The normalized spacial score (nSPS) is 36.0. The average Bonchev–Trinajstić information content (AvgIpc) is 2.83. The van der Waals surface area contributed by atoms with Crippen LogP contribution in [0.3, 0.4) is 0 Å². The highest BCUT2D eigenvalue weighted by Crippen LogP contribution is 2.30. The summed E-state index contributed by atoms with van der Waals surface area (Å²) in [5.41, 5.74) is -0.297. The van der Waals surface area contributed by atoms with Gasteiger partial charge in [0.15, 0.2) is 0 Å². The monoisotopic (exact) mass is 242 g/mol. The molecule has 0 radical (unpaired) electrons. The Kier molecular flexibility index (Phi) is 4.83. The minimum absolute atomic E-state index is 0.297. The second-order valence-corrected chi connectivity index (χ2v) is 5.70. The molecule has 2 rings (SSSR count). The van der Waals surface area contributed by atoms with Crippen LogP contribution in [0.15, 0.2) is 0 Å². The van der Waals surface area contributed by atoms with Gasteiger partial charge in [-0.3, -0.25) is 0 Å². The zero-order valence-corrected chi connectivity index (χ0v) is 11.0. The molecule has 17 heavy (non-hydrogen) atoms. The molecule has 1 N–H and O–H groups in total. The fraction of sp³-hybridized carbons (Fsp3) is 1.00. The van der Waals surface area contributed by atoms with Crippen molar-refractivity contribution in [2.45, 2.75) is 76.1 Å². The maximum absolute atomic E-state index is 10.2. The van der Waals surface area contributed by atoms with Crippen molar-refractivity contribution in [1.29, 1.82) is 0 Å². The molecule has 0 saturated carbocycles. The van der Waals surface area contributed by atoms with Crippen molar-refractivity contribution >= 4 is 0 Å². The van der Waals surface area contributed by atoms with Crippen LogP contribution in [0.1, 0.15) is 58.3 Å². The van der Waals surface area contributed by atoms with Gasteiger partial charge in [-0.1, -0.05) is 0 Å². The van der Waals surface area contributed by atoms with Crippen molar-refractivity contribution in [1.82, 2.24) is 0 Å². The predicted molar refractivity (Wildman–Crippen MR) is 67.0 cm³/mol. The summed E-state index contributed by atoms with van der Waals surface area (Å²) in [6.45, 7) is 3.79. The Balaban J connectivity index is 1.66. The standard InChI is InChI=1S/C14H26O3/c1-14(9-2-3-11-17-14)13(15)8-4-6-12-7-5-10-16-12/h12-13,15H,2-11H2,1H3. The summed E-state index contributed by atoms with van der Waals surface area (Å²) >= 11 is 0. The average molecular weight is 242 g/mol. The highest BCUT2D eigenvalue weighted by Gasteiger charge is 2.35. The van der Waals surface area contributed by atoms with Gasteiger partial charge < -0.3 is 14.6 Å². The molecule has 2 fully saturated rings. The molecule has 3 heteroatoms. The molecule has 3 unspecified atom stereocenters. The van der Waals surface area contributed by atoms with E-state index < -0.39 is 0 Å². The van der Waals surface area contributed by atoms with Gasteiger partial charge >= 0.3 is 0 Å². The molecular weight excluding hydrogens is 216 g/mol. The molecule has 3 atom stereocenters. The third-order valence-corrected chi connectivity index (χ3v) is 4.23. The second kappa shape index (κ2) is 6.17. The number of hydrogen-bond donors (Lipinski definition) is 1. The van der Waals surface area contributed by atoms with Gasteiger partial charge in [0, 0.05) is 13.2 Å². The summed E-state index contributed by atoms with van der Waals surface area (Å²) in [5, 5.41) is 10.2. The van der Waals surface area contributed by atoms with Crippen LogP contribution >= 0.6 is 0 Å². The first kappa shape index (κ1) is 13.3. The van der Waals surface area contributed by atoms with Crippen molar-refractivity contribution in [3.05, 3.63) is 0 Å². The molecule has 0 aromatic heterocycles. The first-order valence-electron chi connectivity index (χ1n) is 7.14. The zero-order valence-electron chi connectivity index (χ0n) is 11.0. The van der Waals surface area contributed by atoms with Crippen LogP contribution in [0.25, 0.3) is 0 Å². The van der Waals surface area contributed by atoms with E-state index in [9.17, 15) is 5.11 Å². The van der Waals surface area contributed by atoms with E-state index in [0.29, 0.717) is 6.10 Å². The lowest BCUT2D eigenvalue weighted by Gasteiger charge is -2.38. The summed E-state index contributed by atoms with van der Waals surface area (Å²) < 4.78 is 11.4. The summed E-state index contributed by atoms with van der Waals surface area (Å²) in [4.78, 5) is 0. The van der Waals surface area contributed by atoms with Gasteiger partial charge in [-0.15, -0.1) is 0 Å². The number of aliphatic hydroxyl groups excluding tert-OH is 1. The Labute approximate surface area is 104 Å². The van der Waals surface area contributed by atoms with E-state index >= 15 is 0 Å². The van der Waals surface area contributed by atoms with Crippen molar-refractivity contribution in [2.24, 2.45) is 0 Å². The summed E-state index contributed by atoms with van der Waals surface area (Å²) in [7, 11) is 0. The highest BCUT2D eigenvalue weighted by molar-refractivity contribution is 4.86. The van der Waals surface area contributed by atoms with E-state index in [-0.39, 0.29) is 11.7 Å². The maximum atomic E-state index is 10.2. The molecule has 0 amide bonds. The van der Waals surface area contributed by atoms with Gasteiger partial charge in [0.2, 0.25) is 0 Å². The first-order valence-corrected chi connectivity index (χ1v) is 7.14.